The molecule has 0 saturated carbocycles. The Labute approximate surface area is 209 Å². The van der Waals surface area contributed by atoms with Gasteiger partial charge in [-0.3, -0.25) is 10.1 Å². The monoisotopic (exact) mass is 489 g/mol. The first-order chi connectivity index (χ1) is 17.1. The van der Waals surface area contributed by atoms with Crippen LogP contribution in [0.1, 0.15) is 23.6 Å². The maximum absolute atomic E-state index is 12.5. The van der Waals surface area contributed by atoms with Gasteiger partial charge in [0.1, 0.15) is 30.6 Å². The third-order valence-corrected chi connectivity index (χ3v) is 5.70. The molecule has 3 aromatic rings. The van der Waals surface area contributed by atoms with Gasteiger partial charge in [-0.2, -0.15) is 5.26 Å². The molecule has 1 N–H and O–H groups in total. The summed E-state index contributed by atoms with van der Waals surface area (Å²) in [5, 5.41) is 14.3. The van der Waals surface area contributed by atoms with Crippen LogP contribution in [-0.4, -0.2) is 31.2 Å². The molecule has 1 aromatic heterocycles. The highest BCUT2D eigenvalue weighted by Crippen LogP contribution is 2.34. The van der Waals surface area contributed by atoms with E-state index in [1.165, 1.54) is 17.4 Å². The number of carbonyl (C=O) groups is 1. The van der Waals surface area contributed by atoms with Crippen LogP contribution in [0, 0.1) is 11.3 Å². The molecule has 0 saturated heterocycles. The first-order valence-electron chi connectivity index (χ1n) is 11.1. The Bertz CT molecular complexity index is 1230. The van der Waals surface area contributed by atoms with Gasteiger partial charge >= 0.3 is 0 Å². The summed E-state index contributed by atoms with van der Waals surface area (Å²) in [6.45, 7) is 6.59. The number of amides is 1. The van der Waals surface area contributed by atoms with Gasteiger partial charge in [0.2, 0.25) is 0 Å². The quantitative estimate of drug-likeness (QED) is 0.157. The number of benzene rings is 2. The second kappa shape index (κ2) is 13.0. The Morgan fingerprint density at radius 3 is 2.69 bits per heavy atom. The largest absolute Gasteiger partial charge is 0.493 e. The normalized spacial score (nSPS) is 10.8. The zero-order valence-corrected chi connectivity index (χ0v) is 20.6. The molecule has 0 fully saturated rings. The predicted molar refractivity (Wildman–Crippen MR) is 138 cm³/mol. The first-order valence-corrected chi connectivity index (χ1v) is 12.0. The lowest BCUT2D eigenvalue weighted by molar-refractivity contribution is -0.112. The fourth-order valence-corrected chi connectivity index (χ4v) is 3.91. The van der Waals surface area contributed by atoms with Gasteiger partial charge in [0, 0.05) is 17.1 Å². The zero-order valence-electron chi connectivity index (χ0n) is 19.7. The number of thiazole rings is 1. The van der Waals surface area contributed by atoms with Gasteiger partial charge in [0.05, 0.1) is 7.11 Å². The van der Waals surface area contributed by atoms with Crippen molar-refractivity contribution in [2.75, 3.05) is 25.6 Å². The number of carbonyl (C=O) groups excluding carboxylic acids is 1. The molecular formula is C27H27N3O4S. The van der Waals surface area contributed by atoms with Crippen molar-refractivity contribution in [1.82, 2.24) is 4.98 Å². The van der Waals surface area contributed by atoms with Crippen LogP contribution in [0.15, 0.2) is 66.2 Å². The summed E-state index contributed by atoms with van der Waals surface area (Å²) in [6, 6.07) is 13.4. The van der Waals surface area contributed by atoms with E-state index in [-0.39, 0.29) is 5.57 Å². The number of rotatable bonds is 12. The summed E-state index contributed by atoms with van der Waals surface area (Å²) in [7, 11) is 1.54. The predicted octanol–water partition coefficient (Wildman–Crippen LogP) is 5.45. The summed E-state index contributed by atoms with van der Waals surface area (Å²) < 4.78 is 17.5. The van der Waals surface area contributed by atoms with E-state index in [0.717, 1.165) is 23.3 Å². The van der Waals surface area contributed by atoms with Crippen LogP contribution < -0.4 is 19.5 Å². The minimum Gasteiger partial charge on any atom is -0.493 e. The van der Waals surface area contributed by atoms with Gasteiger partial charge < -0.3 is 14.2 Å². The van der Waals surface area contributed by atoms with Crippen LogP contribution >= 0.6 is 11.3 Å². The highest BCUT2D eigenvalue weighted by atomic mass is 32.1. The molecule has 2 aromatic carbocycles. The van der Waals surface area contributed by atoms with E-state index in [9.17, 15) is 10.1 Å². The van der Waals surface area contributed by atoms with Crippen LogP contribution in [0.2, 0.25) is 0 Å². The third kappa shape index (κ3) is 6.95. The molecule has 3 rings (SSSR count). The first kappa shape index (κ1) is 25.5. The van der Waals surface area contributed by atoms with Gasteiger partial charge in [-0.25, -0.2) is 4.98 Å². The molecule has 180 valence electrons. The van der Waals surface area contributed by atoms with E-state index in [1.807, 2.05) is 36.4 Å². The lowest BCUT2D eigenvalue weighted by atomic mass is 10.0. The highest BCUT2D eigenvalue weighted by molar-refractivity contribution is 7.13. The highest BCUT2D eigenvalue weighted by Gasteiger charge is 2.15. The van der Waals surface area contributed by atoms with Crippen molar-refractivity contribution in [3.05, 3.63) is 82.9 Å². The van der Waals surface area contributed by atoms with E-state index >= 15 is 0 Å². The Balaban J connectivity index is 1.77. The van der Waals surface area contributed by atoms with Crippen molar-refractivity contribution in [1.29, 1.82) is 5.26 Å². The number of allylic oxidation sites excluding steroid dienone is 1. The summed E-state index contributed by atoms with van der Waals surface area (Å²) in [5.74, 6) is 1.37. The number of para-hydroxylation sites is 1. The van der Waals surface area contributed by atoms with E-state index in [4.69, 9.17) is 14.2 Å². The maximum atomic E-state index is 12.5. The summed E-state index contributed by atoms with van der Waals surface area (Å²) in [4.78, 5) is 16.5. The fraction of sp³-hybridized carbons (Fsp3) is 0.222. The molecule has 35 heavy (non-hydrogen) atoms. The number of hydrogen-bond donors (Lipinski definition) is 1. The molecule has 0 bridgehead atoms. The number of nitrogens with zero attached hydrogens (tertiary/aromatic N) is 2. The van der Waals surface area contributed by atoms with E-state index < -0.39 is 5.91 Å². The number of anilines is 1. The number of nitrogens with one attached hydrogen (secondary N) is 1. The fourth-order valence-electron chi connectivity index (χ4n) is 3.39. The minimum atomic E-state index is -0.531. The van der Waals surface area contributed by atoms with E-state index in [1.54, 1.807) is 30.8 Å². The maximum Gasteiger partial charge on any atom is 0.268 e. The Morgan fingerprint density at radius 1 is 1.20 bits per heavy atom. The average Bonchev–Trinajstić information content (AvgIpc) is 3.39. The molecule has 0 unspecified atom stereocenters. The summed E-state index contributed by atoms with van der Waals surface area (Å²) in [5.41, 5.74) is 2.53. The lowest BCUT2D eigenvalue weighted by Crippen LogP contribution is -2.13. The standard InChI is InChI=1S/C27H27N3O4S/c1-4-8-21-15-19(16-22(18-28)26(31)30-27-29-11-14-35-27)17-24(32-3)25(21)34-13-12-33-23-10-7-6-9-20(23)5-2/h4,6-7,9-11,14-17H,1,5,8,12-13H2,2-3H3,(H,29,30,31)/b22-16-. The molecule has 0 spiro atoms. The summed E-state index contributed by atoms with van der Waals surface area (Å²) >= 11 is 1.27. The molecule has 0 atom stereocenters. The summed E-state index contributed by atoms with van der Waals surface area (Å²) in [6.07, 6.45) is 6.24. The minimum absolute atomic E-state index is 0.0523. The second-order valence-corrected chi connectivity index (χ2v) is 8.22. The van der Waals surface area contributed by atoms with Gasteiger partial charge in [-0.1, -0.05) is 31.2 Å². The second-order valence-electron chi connectivity index (χ2n) is 7.32. The number of methoxy groups -OCH3 is 1. The Hall–Kier alpha value is -4.09. The van der Waals surface area contributed by atoms with Crippen molar-refractivity contribution in [2.24, 2.45) is 0 Å². The number of aromatic nitrogens is 1. The van der Waals surface area contributed by atoms with Gasteiger partial charge in [-0.05, 0) is 48.2 Å². The van der Waals surface area contributed by atoms with Crippen LogP contribution in [-0.2, 0) is 17.6 Å². The molecular weight excluding hydrogens is 462 g/mol. The van der Waals surface area contributed by atoms with Crippen LogP contribution in [0.5, 0.6) is 17.2 Å². The number of aryl methyl sites for hydroxylation is 1. The number of hydrogen-bond acceptors (Lipinski definition) is 7. The van der Waals surface area contributed by atoms with Crippen molar-refractivity contribution in [3.63, 3.8) is 0 Å². The van der Waals surface area contributed by atoms with E-state index in [0.29, 0.717) is 41.8 Å². The van der Waals surface area contributed by atoms with Gasteiger partial charge in [0.15, 0.2) is 16.6 Å². The van der Waals surface area contributed by atoms with Gasteiger partial charge in [0.25, 0.3) is 5.91 Å². The molecule has 0 aliphatic heterocycles. The molecule has 8 heteroatoms. The van der Waals surface area contributed by atoms with Gasteiger partial charge in [-0.15, -0.1) is 17.9 Å². The molecule has 1 heterocycles. The van der Waals surface area contributed by atoms with Crippen molar-refractivity contribution in [3.8, 4) is 23.3 Å². The molecule has 0 aliphatic carbocycles. The van der Waals surface area contributed by atoms with Crippen LogP contribution in [0.3, 0.4) is 0 Å². The van der Waals surface area contributed by atoms with E-state index in [2.05, 4.69) is 23.8 Å². The smallest absolute Gasteiger partial charge is 0.268 e. The van der Waals surface area contributed by atoms with Crippen molar-refractivity contribution in [2.45, 2.75) is 19.8 Å². The van der Waals surface area contributed by atoms with Crippen LogP contribution in [0.25, 0.3) is 6.08 Å². The average molecular weight is 490 g/mol. The number of nitriles is 1. The molecule has 0 aliphatic rings. The molecule has 1 amide bonds. The van der Waals surface area contributed by atoms with Crippen molar-refractivity contribution < 1.29 is 19.0 Å². The molecule has 0 radical (unpaired) electrons. The Kier molecular flexibility index (Phi) is 9.46. The zero-order chi connectivity index (χ0) is 25.0. The van der Waals surface area contributed by atoms with Crippen LogP contribution in [0.4, 0.5) is 5.13 Å². The molecule has 7 nitrogen and oxygen atoms in total. The topological polar surface area (TPSA) is 93.5 Å². The van der Waals surface area contributed by atoms with Crippen molar-refractivity contribution >= 4 is 28.5 Å². The Morgan fingerprint density at radius 2 is 2.00 bits per heavy atom. The number of ether oxygens (including phenoxy) is 3. The third-order valence-electron chi connectivity index (χ3n) is 5.01. The lowest BCUT2D eigenvalue weighted by Gasteiger charge is -2.17. The SMILES string of the molecule is C=CCc1cc(/C=C(/C#N)C(=O)Nc2nccs2)cc(OC)c1OCCOc1ccccc1CC.